The van der Waals surface area contributed by atoms with Crippen LogP contribution < -0.4 is 0 Å². The average molecular weight is 296 g/mol. The number of methoxy groups -OCH3 is 2. The minimum atomic E-state index is -0.618. The molecule has 1 aliphatic rings. The highest BCUT2D eigenvalue weighted by Crippen LogP contribution is 2.44. The molecule has 1 unspecified atom stereocenters. The Morgan fingerprint density at radius 2 is 1.82 bits per heavy atom. The molecule has 114 valence electrons. The summed E-state index contributed by atoms with van der Waals surface area (Å²) in [6, 6.07) is 6.48. The van der Waals surface area contributed by atoms with Gasteiger partial charge in [0, 0.05) is 31.4 Å². The number of ether oxygens (including phenoxy) is 2. The Hall–Kier alpha value is -2.20. The van der Waals surface area contributed by atoms with E-state index in [0.717, 1.165) is 22.6 Å². The summed E-state index contributed by atoms with van der Waals surface area (Å²) >= 11 is 0. The first kappa shape index (κ1) is 14.7. The fourth-order valence-electron chi connectivity index (χ4n) is 3.21. The minimum Gasteiger partial charge on any atom is -0.501 e. The molecule has 4 heteroatoms. The zero-order valence-corrected chi connectivity index (χ0v) is 13.4. The van der Waals surface area contributed by atoms with Crippen molar-refractivity contribution in [2.75, 3.05) is 14.2 Å². The number of hydrogen-bond acceptors (Lipinski definition) is 4. The van der Waals surface area contributed by atoms with E-state index in [0.29, 0.717) is 6.42 Å². The molecule has 0 radical (unpaired) electrons. The van der Waals surface area contributed by atoms with Crippen LogP contribution in [0.25, 0.3) is 6.08 Å². The fourth-order valence-corrected chi connectivity index (χ4v) is 3.21. The summed E-state index contributed by atoms with van der Waals surface area (Å²) in [5, 5.41) is 0. The molecule has 2 aromatic rings. The van der Waals surface area contributed by atoms with Crippen molar-refractivity contribution in [1.82, 2.24) is 9.97 Å². The van der Waals surface area contributed by atoms with Gasteiger partial charge >= 0.3 is 0 Å². The number of nitrogens with zero attached hydrogens (tertiary/aromatic N) is 2. The predicted molar refractivity (Wildman–Crippen MR) is 85.3 cm³/mol. The van der Waals surface area contributed by atoms with E-state index in [9.17, 15) is 0 Å². The number of hydrogen-bond donors (Lipinski definition) is 0. The summed E-state index contributed by atoms with van der Waals surface area (Å²) in [7, 11) is 3.41. The molecule has 4 nitrogen and oxygen atoms in total. The maximum Gasteiger partial charge on any atom is 0.128 e. The standard InChI is InChI=1S/C18H20N2O2/c1-12-5-13(2)7-14(6-12)18(22-4)9-15(21-3)8-17-16(18)10-19-11-20-17/h5-8,10-11H,9H2,1-4H3. The van der Waals surface area contributed by atoms with Crippen LogP contribution in [-0.2, 0) is 15.1 Å². The number of aromatic nitrogens is 2. The third-order valence-electron chi connectivity index (χ3n) is 4.20. The zero-order chi connectivity index (χ0) is 15.7. The van der Waals surface area contributed by atoms with Crippen molar-refractivity contribution in [1.29, 1.82) is 0 Å². The van der Waals surface area contributed by atoms with Gasteiger partial charge in [0.2, 0.25) is 0 Å². The lowest BCUT2D eigenvalue weighted by molar-refractivity contribution is 0.00910. The molecule has 22 heavy (non-hydrogen) atoms. The average Bonchev–Trinajstić information content (AvgIpc) is 2.52. The van der Waals surface area contributed by atoms with E-state index in [4.69, 9.17) is 9.47 Å². The van der Waals surface area contributed by atoms with Gasteiger partial charge in [-0.15, -0.1) is 0 Å². The molecule has 0 spiro atoms. The largest absolute Gasteiger partial charge is 0.501 e. The number of fused-ring (bicyclic) bond motifs is 1. The van der Waals surface area contributed by atoms with Gasteiger partial charge in [0.15, 0.2) is 0 Å². The Labute approximate surface area is 130 Å². The molecule has 0 fully saturated rings. The molecule has 0 aliphatic heterocycles. The van der Waals surface area contributed by atoms with Gasteiger partial charge in [-0.05, 0) is 19.4 Å². The Bertz CT molecular complexity index is 719. The molecule has 0 saturated heterocycles. The van der Waals surface area contributed by atoms with E-state index in [-0.39, 0.29) is 0 Å². The molecule has 3 rings (SSSR count). The first-order valence-corrected chi connectivity index (χ1v) is 7.28. The molecule has 0 N–H and O–H groups in total. The molecular weight excluding hydrogens is 276 g/mol. The van der Waals surface area contributed by atoms with Crippen molar-refractivity contribution >= 4 is 6.08 Å². The quantitative estimate of drug-likeness (QED) is 0.871. The Balaban J connectivity index is 2.26. The molecule has 0 saturated carbocycles. The van der Waals surface area contributed by atoms with Crippen LogP contribution in [0.15, 0.2) is 36.5 Å². The highest BCUT2D eigenvalue weighted by atomic mass is 16.5. The lowest BCUT2D eigenvalue weighted by Crippen LogP contribution is -2.34. The van der Waals surface area contributed by atoms with Crippen LogP contribution in [0, 0.1) is 13.8 Å². The van der Waals surface area contributed by atoms with E-state index in [1.54, 1.807) is 20.5 Å². The Morgan fingerprint density at radius 3 is 2.45 bits per heavy atom. The van der Waals surface area contributed by atoms with Gasteiger partial charge < -0.3 is 9.47 Å². The van der Waals surface area contributed by atoms with Gasteiger partial charge in [-0.3, -0.25) is 0 Å². The van der Waals surface area contributed by atoms with Gasteiger partial charge in [0.25, 0.3) is 0 Å². The summed E-state index contributed by atoms with van der Waals surface area (Å²) in [4.78, 5) is 8.58. The van der Waals surface area contributed by atoms with Crippen molar-refractivity contribution in [2.45, 2.75) is 25.9 Å². The van der Waals surface area contributed by atoms with Crippen LogP contribution >= 0.6 is 0 Å². The van der Waals surface area contributed by atoms with E-state index >= 15 is 0 Å². The first-order chi connectivity index (χ1) is 10.6. The third kappa shape index (κ3) is 2.29. The highest BCUT2D eigenvalue weighted by Gasteiger charge is 2.41. The van der Waals surface area contributed by atoms with Crippen LogP contribution in [0.1, 0.15) is 34.4 Å². The van der Waals surface area contributed by atoms with Gasteiger partial charge in [-0.25, -0.2) is 9.97 Å². The SMILES string of the molecule is COC1=Cc2ncncc2C(OC)(c2cc(C)cc(C)c2)C1. The highest BCUT2D eigenvalue weighted by molar-refractivity contribution is 5.59. The van der Waals surface area contributed by atoms with Crippen molar-refractivity contribution in [3.05, 3.63) is 64.4 Å². The van der Waals surface area contributed by atoms with Gasteiger partial charge in [-0.1, -0.05) is 29.3 Å². The van der Waals surface area contributed by atoms with E-state index in [1.165, 1.54) is 11.1 Å². The molecule has 1 aromatic heterocycles. The van der Waals surface area contributed by atoms with Crippen LogP contribution in [-0.4, -0.2) is 24.2 Å². The monoisotopic (exact) mass is 296 g/mol. The zero-order valence-electron chi connectivity index (χ0n) is 13.4. The number of rotatable bonds is 3. The van der Waals surface area contributed by atoms with Crippen LogP contribution in [0.2, 0.25) is 0 Å². The van der Waals surface area contributed by atoms with E-state index in [1.807, 2.05) is 12.3 Å². The fraction of sp³-hybridized carbons (Fsp3) is 0.333. The molecule has 1 aliphatic carbocycles. The lowest BCUT2D eigenvalue weighted by Gasteiger charge is -2.37. The van der Waals surface area contributed by atoms with Crippen molar-refractivity contribution in [3.63, 3.8) is 0 Å². The van der Waals surface area contributed by atoms with Crippen molar-refractivity contribution in [2.24, 2.45) is 0 Å². The van der Waals surface area contributed by atoms with Crippen molar-refractivity contribution in [3.8, 4) is 0 Å². The van der Waals surface area contributed by atoms with Gasteiger partial charge in [0.1, 0.15) is 17.7 Å². The molecule has 0 amide bonds. The van der Waals surface area contributed by atoms with Crippen molar-refractivity contribution < 1.29 is 9.47 Å². The van der Waals surface area contributed by atoms with E-state index in [2.05, 4.69) is 42.0 Å². The molecule has 1 aromatic carbocycles. The summed E-state index contributed by atoms with van der Waals surface area (Å²) in [6.45, 7) is 4.19. The first-order valence-electron chi connectivity index (χ1n) is 7.28. The Kier molecular flexibility index (Phi) is 3.71. The molecular formula is C18H20N2O2. The van der Waals surface area contributed by atoms with E-state index < -0.39 is 5.60 Å². The number of aryl methyl sites for hydroxylation is 2. The van der Waals surface area contributed by atoms with Gasteiger partial charge in [0.05, 0.1) is 12.8 Å². The second kappa shape index (κ2) is 5.54. The van der Waals surface area contributed by atoms with Crippen LogP contribution in [0.5, 0.6) is 0 Å². The van der Waals surface area contributed by atoms with Gasteiger partial charge in [-0.2, -0.15) is 0 Å². The third-order valence-corrected chi connectivity index (χ3v) is 4.20. The second-order valence-corrected chi connectivity index (χ2v) is 5.72. The molecule has 1 heterocycles. The van der Waals surface area contributed by atoms with Crippen LogP contribution in [0.3, 0.4) is 0 Å². The summed E-state index contributed by atoms with van der Waals surface area (Å²) in [6.07, 6.45) is 5.97. The number of benzene rings is 1. The maximum atomic E-state index is 6.03. The molecule has 0 bridgehead atoms. The van der Waals surface area contributed by atoms with Crippen LogP contribution in [0.4, 0.5) is 0 Å². The lowest BCUT2D eigenvalue weighted by atomic mass is 9.78. The topological polar surface area (TPSA) is 44.2 Å². The smallest absolute Gasteiger partial charge is 0.128 e. The second-order valence-electron chi connectivity index (χ2n) is 5.72. The summed E-state index contributed by atoms with van der Waals surface area (Å²) in [5.41, 5.74) is 4.72. The predicted octanol–water partition coefficient (Wildman–Crippen LogP) is 3.37. The maximum absolute atomic E-state index is 6.03. The summed E-state index contributed by atoms with van der Waals surface area (Å²) < 4.78 is 11.5. The minimum absolute atomic E-state index is 0.618. The molecule has 1 atom stereocenters. The summed E-state index contributed by atoms with van der Waals surface area (Å²) in [5.74, 6) is 0.854. The normalized spacial score (nSPS) is 20.3. The Morgan fingerprint density at radius 1 is 1.09 bits per heavy atom.